The number of ether oxygens (including phenoxy) is 1. The smallest absolute Gasteiger partial charge is 0.317 e. The number of allylic oxidation sites excluding steroid dienone is 2. The summed E-state index contributed by atoms with van der Waals surface area (Å²) in [6, 6.07) is 7.37. The van der Waals surface area contributed by atoms with Gasteiger partial charge in [0, 0.05) is 5.56 Å². The molecule has 0 heterocycles. The third-order valence-corrected chi connectivity index (χ3v) is 3.51. The molecule has 1 unspecified atom stereocenters. The summed E-state index contributed by atoms with van der Waals surface area (Å²) in [6.45, 7) is 13.1. The molecule has 0 aliphatic heterocycles. The summed E-state index contributed by atoms with van der Waals surface area (Å²) in [5.41, 5.74) is 3.46. The van der Waals surface area contributed by atoms with Crippen LogP contribution in [0.2, 0.25) is 0 Å². The summed E-state index contributed by atoms with van der Waals surface area (Å²) < 4.78 is 5.27. The molecule has 3 heteroatoms. The Balaban J connectivity index is 2.90. The van der Waals surface area contributed by atoms with Crippen molar-refractivity contribution >= 4 is 17.3 Å². The van der Waals surface area contributed by atoms with E-state index < -0.39 is 17.5 Å². The average molecular weight is 302 g/mol. The van der Waals surface area contributed by atoms with Crippen molar-refractivity contribution in [1.82, 2.24) is 0 Å². The molecule has 1 aromatic carbocycles. The van der Waals surface area contributed by atoms with Crippen LogP contribution in [0.5, 0.6) is 0 Å². The number of carbonyl (C=O) groups excluding carboxylic acids is 2. The van der Waals surface area contributed by atoms with Crippen LogP contribution in [0.3, 0.4) is 0 Å². The van der Waals surface area contributed by atoms with Gasteiger partial charge in [0.25, 0.3) is 0 Å². The number of ketones is 1. The van der Waals surface area contributed by atoms with E-state index in [4.69, 9.17) is 4.74 Å². The van der Waals surface area contributed by atoms with E-state index in [1.165, 1.54) is 11.1 Å². The third kappa shape index (κ3) is 4.83. The number of hydrogen-bond acceptors (Lipinski definition) is 3. The maximum Gasteiger partial charge on any atom is 0.317 e. The average Bonchev–Trinajstić information content (AvgIpc) is 2.43. The molecule has 0 saturated carbocycles. The van der Waals surface area contributed by atoms with E-state index in [2.05, 4.69) is 20.8 Å². The van der Waals surface area contributed by atoms with Crippen molar-refractivity contribution in [2.45, 2.75) is 54.1 Å². The van der Waals surface area contributed by atoms with Crippen molar-refractivity contribution < 1.29 is 14.3 Å². The molecule has 0 radical (unpaired) electrons. The van der Waals surface area contributed by atoms with E-state index in [0.717, 1.165) is 5.56 Å². The minimum Gasteiger partial charge on any atom is -0.459 e. The first kappa shape index (κ1) is 18.1. The minimum absolute atomic E-state index is 0.212. The van der Waals surface area contributed by atoms with E-state index >= 15 is 0 Å². The van der Waals surface area contributed by atoms with Crippen LogP contribution < -0.4 is 0 Å². The Labute approximate surface area is 133 Å². The topological polar surface area (TPSA) is 43.4 Å². The molecule has 22 heavy (non-hydrogen) atoms. The number of carbonyl (C=O) groups is 2. The number of rotatable bonds is 4. The molecule has 0 amide bonds. The van der Waals surface area contributed by atoms with Crippen molar-refractivity contribution in [2.75, 3.05) is 0 Å². The molecular weight excluding hydrogens is 276 g/mol. The monoisotopic (exact) mass is 302 g/mol. The molecule has 0 N–H and O–H groups in total. The number of esters is 1. The largest absolute Gasteiger partial charge is 0.459 e. The Hall–Kier alpha value is -1.90. The highest BCUT2D eigenvalue weighted by Crippen LogP contribution is 2.20. The fourth-order valence-corrected chi connectivity index (χ4v) is 1.92. The molecule has 0 fully saturated rings. The Bertz CT molecular complexity index is 582. The molecule has 1 rings (SSSR count). The minimum atomic E-state index is -0.797. The summed E-state index contributed by atoms with van der Waals surface area (Å²) in [7, 11) is 0. The van der Waals surface area contributed by atoms with Gasteiger partial charge >= 0.3 is 5.97 Å². The lowest BCUT2D eigenvalue weighted by Gasteiger charge is -2.21. The van der Waals surface area contributed by atoms with Crippen molar-refractivity contribution in [3.63, 3.8) is 0 Å². The maximum atomic E-state index is 12.4. The molecule has 1 atom stereocenters. The van der Waals surface area contributed by atoms with E-state index in [1.54, 1.807) is 39.8 Å². The maximum absolute atomic E-state index is 12.4. The van der Waals surface area contributed by atoms with Crippen LogP contribution in [-0.4, -0.2) is 17.4 Å². The van der Waals surface area contributed by atoms with Gasteiger partial charge in [-0.2, -0.15) is 0 Å². The second-order valence-electron chi connectivity index (χ2n) is 6.82. The molecule has 1 aromatic rings. The fraction of sp³-hybridized carbons (Fsp3) is 0.474. The van der Waals surface area contributed by atoms with Crippen LogP contribution in [0.4, 0.5) is 0 Å². The molecule has 0 aromatic heterocycles. The highest BCUT2D eigenvalue weighted by atomic mass is 16.6. The molecule has 0 aliphatic rings. The van der Waals surface area contributed by atoms with Gasteiger partial charge in [0.05, 0.1) is 0 Å². The van der Waals surface area contributed by atoms with Crippen molar-refractivity contribution in [1.29, 1.82) is 0 Å². The lowest BCUT2D eigenvalue weighted by atomic mass is 9.96. The second kappa shape index (κ2) is 6.91. The summed E-state index contributed by atoms with van der Waals surface area (Å²) in [5, 5.41) is 0. The number of Topliss-reactive ketones (excluding diaryl/α,β-unsaturated/α-hetero) is 1. The third-order valence-electron chi connectivity index (χ3n) is 3.51. The van der Waals surface area contributed by atoms with E-state index in [1.807, 2.05) is 12.1 Å². The van der Waals surface area contributed by atoms with Crippen LogP contribution in [-0.2, 0) is 9.53 Å². The quantitative estimate of drug-likeness (QED) is 0.461. The standard InChI is InChI=1S/C19H26O3/c1-12(2)13(3)15-8-10-16(11-9-15)17(20)14(4)18(21)22-19(5,6)7/h8-11,14H,1-7H3. The van der Waals surface area contributed by atoms with Gasteiger partial charge < -0.3 is 4.74 Å². The molecule has 120 valence electrons. The number of benzene rings is 1. The summed E-state index contributed by atoms with van der Waals surface area (Å²) in [4.78, 5) is 24.4. The summed E-state index contributed by atoms with van der Waals surface area (Å²) in [5.74, 6) is -1.49. The molecule has 0 aliphatic carbocycles. The van der Waals surface area contributed by atoms with Gasteiger partial charge in [0.2, 0.25) is 0 Å². The summed E-state index contributed by atoms with van der Waals surface area (Å²) in [6.07, 6.45) is 0. The molecule has 3 nitrogen and oxygen atoms in total. The van der Waals surface area contributed by atoms with Gasteiger partial charge in [-0.15, -0.1) is 0 Å². The van der Waals surface area contributed by atoms with Gasteiger partial charge in [0.1, 0.15) is 11.5 Å². The first-order chi connectivity index (χ1) is 10.0. The predicted molar refractivity (Wildman–Crippen MR) is 89.7 cm³/mol. The zero-order chi connectivity index (χ0) is 17.1. The van der Waals surface area contributed by atoms with E-state index in [0.29, 0.717) is 5.56 Å². The van der Waals surface area contributed by atoms with Gasteiger partial charge in [-0.1, -0.05) is 29.8 Å². The number of hydrogen-bond donors (Lipinski definition) is 0. The second-order valence-corrected chi connectivity index (χ2v) is 6.82. The van der Waals surface area contributed by atoms with Gasteiger partial charge in [0.15, 0.2) is 5.78 Å². The lowest BCUT2D eigenvalue weighted by molar-refractivity contribution is -0.157. The lowest BCUT2D eigenvalue weighted by Crippen LogP contribution is -2.31. The van der Waals surface area contributed by atoms with Crippen LogP contribution in [0, 0.1) is 5.92 Å². The normalized spacial score (nSPS) is 12.5. The Morgan fingerprint density at radius 1 is 0.955 bits per heavy atom. The first-order valence-corrected chi connectivity index (χ1v) is 7.54. The van der Waals surface area contributed by atoms with Crippen LogP contribution >= 0.6 is 0 Å². The first-order valence-electron chi connectivity index (χ1n) is 7.54. The van der Waals surface area contributed by atoms with E-state index in [9.17, 15) is 9.59 Å². The van der Waals surface area contributed by atoms with Crippen molar-refractivity contribution in [2.24, 2.45) is 5.92 Å². The van der Waals surface area contributed by atoms with Gasteiger partial charge in [-0.3, -0.25) is 9.59 Å². The molecule has 0 bridgehead atoms. The Morgan fingerprint density at radius 3 is 1.82 bits per heavy atom. The van der Waals surface area contributed by atoms with Crippen LogP contribution in [0.1, 0.15) is 64.4 Å². The highest BCUT2D eigenvalue weighted by Gasteiger charge is 2.27. The van der Waals surface area contributed by atoms with Crippen LogP contribution in [0.25, 0.3) is 5.57 Å². The van der Waals surface area contributed by atoms with Crippen molar-refractivity contribution in [3.05, 3.63) is 41.0 Å². The van der Waals surface area contributed by atoms with Crippen molar-refractivity contribution in [3.8, 4) is 0 Å². The fourth-order valence-electron chi connectivity index (χ4n) is 1.92. The van der Waals surface area contributed by atoms with Gasteiger partial charge in [-0.05, 0) is 59.6 Å². The zero-order valence-electron chi connectivity index (χ0n) is 14.6. The predicted octanol–water partition coefficient (Wildman–Crippen LogP) is 4.66. The Morgan fingerprint density at radius 2 is 1.41 bits per heavy atom. The molecule has 0 spiro atoms. The SMILES string of the molecule is CC(C)=C(C)c1ccc(C(=O)C(C)C(=O)OC(C)(C)C)cc1. The Kier molecular flexibility index (Phi) is 5.70. The highest BCUT2D eigenvalue weighted by molar-refractivity contribution is 6.08. The summed E-state index contributed by atoms with van der Waals surface area (Å²) >= 11 is 0. The van der Waals surface area contributed by atoms with E-state index in [-0.39, 0.29) is 5.78 Å². The van der Waals surface area contributed by atoms with Gasteiger partial charge in [-0.25, -0.2) is 0 Å². The molecule has 0 saturated heterocycles. The molecular formula is C19H26O3. The zero-order valence-corrected chi connectivity index (χ0v) is 14.6. The van der Waals surface area contributed by atoms with Crippen LogP contribution in [0.15, 0.2) is 29.8 Å².